The van der Waals surface area contributed by atoms with Gasteiger partial charge in [0, 0.05) is 0 Å². The summed E-state index contributed by atoms with van der Waals surface area (Å²) in [5.74, 6) is 0. The Hall–Kier alpha value is -2.06. The number of para-hydroxylation sites is 1. The van der Waals surface area contributed by atoms with Crippen LogP contribution < -0.4 is 5.06 Å². The molecule has 2 nitrogen and oxygen atoms in total. The van der Waals surface area contributed by atoms with Gasteiger partial charge in [0.05, 0.1) is 11.4 Å². The van der Waals surface area contributed by atoms with Gasteiger partial charge in [-0.15, -0.1) is 0 Å². The maximum Gasteiger partial charge on any atom is 0.0756 e. The first-order chi connectivity index (χ1) is 9.77. The fourth-order valence-electron chi connectivity index (χ4n) is 2.55. The summed E-state index contributed by atoms with van der Waals surface area (Å²) in [6.07, 6.45) is 10.9. The Morgan fingerprint density at radius 1 is 1.20 bits per heavy atom. The molecular weight excluding hydrogens is 246 g/mol. The molecule has 0 aliphatic heterocycles. The van der Waals surface area contributed by atoms with Gasteiger partial charge in [0.25, 0.3) is 0 Å². The molecule has 0 bridgehead atoms. The van der Waals surface area contributed by atoms with Gasteiger partial charge in [-0.05, 0) is 49.5 Å². The number of allylic oxidation sites excluding steroid dienone is 6. The molecule has 0 saturated heterocycles. The molecule has 0 atom stereocenters. The Bertz CT molecular complexity index is 552. The second-order valence-corrected chi connectivity index (χ2v) is 4.80. The third kappa shape index (κ3) is 3.09. The quantitative estimate of drug-likeness (QED) is 0.775. The zero-order valence-corrected chi connectivity index (χ0v) is 11.9. The molecule has 0 saturated carbocycles. The minimum atomic E-state index is 0.779. The summed E-state index contributed by atoms with van der Waals surface area (Å²) in [4.78, 5) is 0. The van der Waals surface area contributed by atoms with Crippen LogP contribution in [0.25, 0.3) is 0 Å². The lowest BCUT2D eigenvalue weighted by Crippen LogP contribution is -2.22. The molecule has 1 aromatic carbocycles. The van der Waals surface area contributed by atoms with E-state index in [0.29, 0.717) is 0 Å². The predicted molar refractivity (Wildman–Crippen MR) is 84.7 cm³/mol. The summed E-state index contributed by atoms with van der Waals surface area (Å²) >= 11 is 0. The maximum atomic E-state index is 10.6. The van der Waals surface area contributed by atoms with Crippen LogP contribution in [0.5, 0.6) is 0 Å². The standard InChI is InChI=1S/C18H21NO/c1-3-9-15-11-8-12-16(10-4-2)18(15)19(20)17-13-6-5-7-14-17/h3-7,9-10,13-14,20H,1,8,11-12H2,2H3/b10-4+,15-9+. The molecule has 20 heavy (non-hydrogen) atoms. The number of benzene rings is 1. The van der Waals surface area contributed by atoms with Crippen LogP contribution in [0.15, 0.2) is 78.1 Å². The van der Waals surface area contributed by atoms with E-state index < -0.39 is 0 Å². The molecule has 0 fully saturated rings. The SMILES string of the molecule is C=C/C=C1\CCCC(/C=C/C)=C1N(O)c1ccccc1. The van der Waals surface area contributed by atoms with E-state index in [1.807, 2.05) is 49.4 Å². The summed E-state index contributed by atoms with van der Waals surface area (Å²) < 4.78 is 0. The van der Waals surface area contributed by atoms with Crippen LogP contribution >= 0.6 is 0 Å². The molecule has 0 spiro atoms. The van der Waals surface area contributed by atoms with Crippen molar-refractivity contribution in [1.82, 2.24) is 0 Å². The maximum absolute atomic E-state index is 10.6. The average molecular weight is 267 g/mol. The van der Waals surface area contributed by atoms with Gasteiger partial charge in [-0.2, -0.15) is 0 Å². The van der Waals surface area contributed by atoms with Crippen molar-refractivity contribution >= 4 is 5.69 Å². The molecule has 0 unspecified atom stereocenters. The Morgan fingerprint density at radius 2 is 1.95 bits per heavy atom. The number of rotatable bonds is 4. The van der Waals surface area contributed by atoms with E-state index >= 15 is 0 Å². The Kier molecular flexibility index (Phi) is 4.97. The minimum Gasteiger partial charge on any atom is -0.283 e. The highest BCUT2D eigenvalue weighted by atomic mass is 16.5. The van der Waals surface area contributed by atoms with Crippen LogP contribution in [0.3, 0.4) is 0 Å². The molecule has 0 radical (unpaired) electrons. The molecule has 104 valence electrons. The number of hydrogen-bond donors (Lipinski definition) is 1. The van der Waals surface area contributed by atoms with Crippen LogP contribution in [0.2, 0.25) is 0 Å². The van der Waals surface area contributed by atoms with E-state index in [1.165, 1.54) is 10.6 Å². The van der Waals surface area contributed by atoms with Crippen molar-refractivity contribution in [3.8, 4) is 0 Å². The third-order valence-electron chi connectivity index (χ3n) is 3.40. The summed E-state index contributed by atoms with van der Waals surface area (Å²) in [6, 6.07) is 9.60. The molecule has 0 amide bonds. The molecule has 0 heterocycles. The van der Waals surface area contributed by atoms with Crippen molar-refractivity contribution in [1.29, 1.82) is 0 Å². The Labute approximate surface area is 121 Å². The van der Waals surface area contributed by atoms with E-state index in [4.69, 9.17) is 0 Å². The Balaban J connectivity index is 2.49. The van der Waals surface area contributed by atoms with Gasteiger partial charge in [-0.25, -0.2) is 5.06 Å². The normalized spacial score (nSPS) is 17.8. The first kappa shape index (κ1) is 14.4. The lowest BCUT2D eigenvalue weighted by Gasteiger charge is -2.28. The summed E-state index contributed by atoms with van der Waals surface area (Å²) in [5.41, 5.74) is 3.96. The summed E-state index contributed by atoms with van der Waals surface area (Å²) in [5, 5.41) is 11.9. The number of anilines is 1. The second kappa shape index (κ2) is 6.92. The second-order valence-electron chi connectivity index (χ2n) is 4.80. The minimum absolute atomic E-state index is 0.779. The van der Waals surface area contributed by atoms with Gasteiger partial charge >= 0.3 is 0 Å². The lowest BCUT2D eigenvalue weighted by atomic mass is 9.90. The van der Waals surface area contributed by atoms with Gasteiger partial charge in [0.1, 0.15) is 0 Å². The van der Waals surface area contributed by atoms with Crippen LogP contribution in [0.4, 0.5) is 5.69 Å². The van der Waals surface area contributed by atoms with Gasteiger partial charge in [0.2, 0.25) is 0 Å². The molecule has 2 heteroatoms. The molecular formula is C18H21NO. The van der Waals surface area contributed by atoms with Gasteiger partial charge in [-0.1, -0.05) is 49.1 Å². The fourth-order valence-corrected chi connectivity index (χ4v) is 2.55. The third-order valence-corrected chi connectivity index (χ3v) is 3.40. The summed E-state index contributed by atoms with van der Waals surface area (Å²) in [7, 11) is 0. The molecule has 0 aromatic heterocycles. The highest BCUT2D eigenvalue weighted by Gasteiger charge is 2.21. The van der Waals surface area contributed by atoms with Crippen molar-refractivity contribution < 1.29 is 5.21 Å². The molecule has 1 aromatic rings. The smallest absolute Gasteiger partial charge is 0.0756 e. The van der Waals surface area contributed by atoms with Gasteiger partial charge in [0.15, 0.2) is 0 Å². The zero-order valence-electron chi connectivity index (χ0n) is 11.9. The largest absolute Gasteiger partial charge is 0.283 e. The topological polar surface area (TPSA) is 23.5 Å². The van der Waals surface area contributed by atoms with Crippen molar-refractivity contribution in [3.63, 3.8) is 0 Å². The van der Waals surface area contributed by atoms with Gasteiger partial charge in [-0.3, -0.25) is 5.21 Å². The van der Waals surface area contributed by atoms with Crippen LogP contribution in [0, 0.1) is 0 Å². The predicted octanol–water partition coefficient (Wildman–Crippen LogP) is 5.01. The van der Waals surface area contributed by atoms with E-state index in [0.717, 1.165) is 36.2 Å². The first-order valence-electron chi connectivity index (χ1n) is 6.99. The monoisotopic (exact) mass is 267 g/mol. The highest BCUT2D eigenvalue weighted by Crippen LogP contribution is 2.34. The molecule has 1 aliphatic rings. The summed E-state index contributed by atoms with van der Waals surface area (Å²) in [6.45, 7) is 5.78. The van der Waals surface area contributed by atoms with E-state index in [-0.39, 0.29) is 0 Å². The van der Waals surface area contributed by atoms with E-state index in [9.17, 15) is 5.21 Å². The fraction of sp³-hybridized carbons (Fsp3) is 0.222. The first-order valence-corrected chi connectivity index (χ1v) is 6.99. The van der Waals surface area contributed by atoms with Crippen molar-refractivity contribution in [2.24, 2.45) is 0 Å². The molecule has 1 N–H and O–H groups in total. The highest BCUT2D eigenvalue weighted by molar-refractivity contribution is 5.58. The molecule has 1 aliphatic carbocycles. The van der Waals surface area contributed by atoms with Crippen molar-refractivity contribution in [2.45, 2.75) is 26.2 Å². The lowest BCUT2D eigenvalue weighted by molar-refractivity contribution is 0.282. The van der Waals surface area contributed by atoms with Crippen molar-refractivity contribution in [2.75, 3.05) is 5.06 Å². The average Bonchev–Trinajstić information content (AvgIpc) is 2.48. The van der Waals surface area contributed by atoms with Gasteiger partial charge < -0.3 is 0 Å². The van der Waals surface area contributed by atoms with E-state index in [2.05, 4.69) is 12.7 Å². The Morgan fingerprint density at radius 3 is 2.60 bits per heavy atom. The zero-order chi connectivity index (χ0) is 14.4. The molecule has 2 rings (SSSR count). The van der Waals surface area contributed by atoms with Crippen molar-refractivity contribution in [3.05, 3.63) is 78.1 Å². The van der Waals surface area contributed by atoms with Crippen LogP contribution in [-0.2, 0) is 0 Å². The van der Waals surface area contributed by atoms with E-state index in [1.54, 1.807) is 6.08 Å². The number of hydroxylamine groups is 1. The van der Waals surface area contributed by atoms with Crippen LogP contribution in [-0.4, -0.2) is 5.21 Å². The number of nitrogens with zero attached hydrogens (tertiary/aromatic N) is 1. The number of hydrogen-bond acceptors (Lipinski definition) is 2. The van der Waals surface area contributed by atoms with Crippen LogP contribution in [0.1, 0.15) is 26.2 Å².